The first-order valence-corrected chi connectivity index (χ1v) is 9.45. The van der Waals surface area contributed by atoms with Gasteiger partial charge in [-0.1, -0.05) is 6.07 Å². The number of rotatable bonds is 3. The fraction of sp³-hybridized carbons (Fsp3) is 0.227. The van der Waals surface area contributed by atoms with Crippen molar-refractivity contribution >= 4 is 34.2 Å². The average molecular weight is 430 g/mol. The minimum Gasteiger partial charge on any atom is -0.423 e. The van der Waals surface area contributed by atoms with Crippen molar-refractivity contribution in [2.75, 3.05) is 16.8 Å². The lowest BCUT2D eigenvalue weighted by Gasteiger charge is -2.18. The van der Waals surface area contributed by atoms with E-state index in [9.17, 15) is 27.6 Å². The van der Waals surface area contributed by atoms with Gasteiger partial charge in [0.15, 0.2) is 0 Å². The van der Waals surface area contributed by atoms with Crippen LogP contribution in [0.3, 0.4) is 0 Å². The van der Waals surface area contributed by atoms with Gasteiger partial charge in [0, 0.05) is 41.9 Å². The molecule has 160 valence electrons. The lowest BCUT2D eigenvalue weighted by Crippen LogP contribution is -2.28. The van der Waals surface area contributed by atoms with Crippen molar-refractivity contribution in [1.29, 1.82) is 0 Å². The van der Waals surface area contributed by atoms with E-state index in [1.165, 1.54) is 29.2 Å². The van der Waals surface area contributed by atoms with Crippen LogP contribution in [-0.4, -0.2) is 18.4 Å². The second-order valence-electron chi connectivity index (χ2n) is 7.40. The summed E-state index contributed by atoms with van der Waals surface area (Å²) in [5.41, 5.74) is 0.165. The van der Waals surface area contributed by atoms with Gasteiger partial charge < -0.3 is 14.6 Å². The Kier molecular flexibility index (Phi) is 5.04. The summed E-state index contributed by atoms with van der Waals surface area (Å²) in [5.74, 6) is -1.61. The summed E-state index contributed by atoms with van der Waals surface area (Å²) < 4.78 is 44.1. The first-order valence-electron chi connectivity index (χ1n) is 9.45. The van der Waals surface area contributed by atoms with Crippen molar-refractivity contribution in [3.05, 3.63) is 70.1 Å². The number of alkyl halides is 3. The van der Waals surface area contributed by atoms with Gasteiger partial charge in [0.1, 0.15) is 5.58 Å². The molecule has 31 heavy (non-hydrogen) atoms. The number of aryl methyl sites for hydroxylation is 1. The molecule has 0 radical (unpaired) electrons. The summed E-state index contributed by atoms with van der Waals surface area (Å²) in [6, 6.07) is 10.7. The van der Waals surface area contributed by atoms with Gasteiger partial charge >= 0.3 is 11.8 Å². The molecule has 2 amide bonds. The number of fused-ring (bicyclic) bond motifs is 1. The van der Waals surface area contributed by atoms with Crippen LogP contribution in [0.25, 0.3) is 11.0 Å². The van der Waals surface area contributed by atoms with Crippen LogP contribution in [-0.2, 0) is 15.8 Å². The monoisotopic (exact) mass is 430 g/mol. The predicted molar refractivity (Wildman–Crippen MR) is 108 cm³/mol. The maximum absolute atomic E-state index is 13.0. The fourth-order valence-electron chi connectivity index (χ4n) is 3.63. The zero-order chi connectivity index (χ0) is 22.3. The van der Waals surface area contributed by atoms with Crippen LogP contribution < -0.4 is 15.8 Å². The Labute approximate surface area is 174 Å². The van der Waals surface area contributed by atoms with Crippen LogP contribution in [0.4, 0.5) is 24.5 Å². The predicted octanol–water partition coefficient (Wildman–Crippen LogP) is 4.11. The third kappa shape index (κ3) is 4.16. The molecule has 1 fully saturated rings. The molecule has 0 bridgehead atoms. The number of halogens is 3. The molecule has 1 atom stereocenters. The molecule has 3 aromatic rings. The molecule has 1 aromatic heterocycles. The lowest BCUT2D eigenvalue weighted by atomic mass is 10.1. The molecule has 6 nitrogen and oxygen atoms in total. The van der Waals surface area contributed by atoms with Gasteiger partial charge in [-0.25, -0.2) is 4.79 Å². The van der Waals surface area contributed by atoms with E-state index < -0.39 is 35.1 Å². The molecule has 2 aromatic carbocycles. The van der Waals surface area contributed by atoms with Crippen molar-refractivity contribution in [2.24, 2.45) is 5.92 Å². The standard InChI is InChI=1S/C22H17F3N2O4/c1-12-7-20(29)31-18-10-15(5-6-17(12)18)26-21(30)13-8-19(28)27(11-13)16-4-2-3-14(9-16)22(23,24)25/h2-7,9-10,13H,8,11H2,1H3,(H,26,30)/t13-/m1/s1. The van der Waals surface area contributed by atoms with Crippen LogP contribution in [0.2, 0.25) is 0 Å². The quantitative estimate of drug-likeness (QED) is 0.635. The molecule has 1 saturated heterocycles. The molecule has 0 saturated carbocycles. The Bertz CT molecular complexity index is 1250. The highest BCUT2D eigenvalue weighted by Crippen LogP contribution is 2.33. The van der Waals surface area contributed by atoms with Crippen LogP contribution in [0.5, 0.6) is 0 Å². The molecule has 1 N–H and O–H groups in total. The number of hydrogen-bond donors (Lipinski definition) is 1. The van der Waals surface area contributed by atoms with Crippen LogP contribution in [0, 0.1) is 12.8 Å². The SMILES string of the molecule is Cc1cc(=O)oc2cc(NC(=O)[C@@H]3CC(=O)N(c4cccc(C(F)(F)F)c4)C3)ccc12. The van der Waals surface area contributed by atoms with Gasteiger partial charge in [-0.3, -0.25) is 9.59 Å². The summed E-state index contributed by atoms with van der Waals surface area (Å²) in [5, 5.41) is 3.41. The number of hydrogen-bond acceptors (Lipinski definition) is 4. The number of nitrogens with one attached hydrogen (secondary N) is 1. The molecule has 1 aliphatic rings. The molecule has 0 aliphatic carbocycles. The van der Waals surface area contributed by atoms with E-state index in [0.29, 0.717) is 11.3 Å². The molecule has 0 spiro atoms. The number of nitrogens with zero attached hydrogens (tertiary/aromatic N) is 1. The molecule has 2 heterocycles. The topological polar surface area (TPSA) is 79.6 Å². The second-order valence-corrected chi connectivity index (χ2v) is 7.40. The minimum atomic E-state index is -4.53. The highest BCUT2D eigenvalue weighted by molar-refractivity contribution is 6.04. The number of anilines is 2. The third-order valence-corrected chi connectivity index (χ3v) is 5.20. The summed E-state index contributed by atoms with van der Waals surface area (Å²) in [4.78, 5) is 37.8. The highest BCUT2D eigenvalue weighted by atomic mass is 19.4. The van der Waals surface area contributed by atoms with E-state index in [0.717, 1.165) is 23.1 Å². The maximum atomic E-state index is 13.0. The first kappa shape index (κ1) is 20.6. The Balaban J connectivity index is 1.51. The van der Waals surface area contributed by atoms with Crippen molar-refractivity contribution < 1.29 is 27.2 Å². The van der Waals surface area contributed by atoms with Gasteiger partial charge in [-0.05, 0) is 42.8 Å². The van der Waals surface area contributed by atoms with E-state index in [-0.39, 0.29) is 18.7 Å². The van der Waals surface area contributed by atoms with Crippen molar-refractivity contribution in [1.82, 2.24) is 0 Å². The smallest absolute Gasteiger partial charge is 0.416 e. The van der Waals surface area contributed by atoms with Crippen LogP contribution >= 0.6 is 0 Å². The Morgan fingerprint density at radius 3 is 2.65 bits per heavy atom. The van der Waals surface area contributed by atoms with E-state index in [4.69, 9.17) is 4.42 Å². The van der Waals surface area contributed by atoms with Gasteiger partial charge in [0.05, 0.1) is 11.5 Å². The van der Waals surface area contributed by atoms with Crippen molar-refractivity contribution in [3.63, 3.8) is 0 Å². The first-order chi connectivity index (χ1) is 14.6. The number of amides is 2. The number of carbonyl (C=O) groups is 2. The Morgan fingerprint density at radius 1 is 1.13 bits per heavy atom. The van der Waals surface area contributed by atoms with Crippen LogP contribution in [0.15, 0.2) is 57.7 Å². The second kappa shape index (κ2) is 7.57. The van der Waals surface area contributed by atoms with Gasteiger partial charge in [-0.15, -0.1) is 0 Å². The zero-order valence-corrected chi connectivity index (χ0v) is 16.3. The normalized spacial score (nSPS) is 16.7. The Morgan fingerprint density at radius 2 is 1.90 bits per heavy atom. The molecule has 1 aliphatic heterocycles. The van der Waals surface area contributed by atoms with Gasteiger partial charge in [0.2, 0.25) is 11.8 Å². The summed E-state index contributed by atoms with van der Waals surface area (Å²) in [7, 11) is 0. The molecule has 0 unspecified atom stereocenters. The van der Waals surface area contributed by atoms with Gasteiger partial charge in [0.25, 0.3) is 0 Å². The summed E-state index contributed by atoms with van der Waals surface area (Å²) >= 11 is 0. The number of carbonyl (C=O) groups excluding carboxylic acids is 2. The van der Waals surface area contributed by atoms with E-state index in [1.54, 1.807) is 19.1 Å². The third-order valence-electron chi connectivity index (χ3n) is 5.20. The Hall–Kier alpha value is -3.62. The van der Waals surface area contributed by atoms with E-state index in [2.05, 4.69) is 5.32 Å². The van der Waals surface area contributed by atoms with E-state index >= 15 is 0 Å². The van der Waals surface area contributed by atoms with Crippen molar-refractivity contribution in [2.45, 2.75) is 19.5 Å². The molecular formula is C22H17F3N2O4. The van der Waals surface area contributed by atoms with Gasteiger partial charge in [-0.2, -0.15) is 13.2 Å². The van der Waals surface area contributed by atoms with E-state index in [1.807, 2.05) is 0 Å². The average Bonchev–Trinajstić information content (AvgIpc) is 3.09. The zero-order valence-electron chi connectivity index (χ0n) is 16.3. The summed E-state index contributed by atoms with van der Waals surface area (Å²) in [6.45, 7) is 1.73. The lowest BCUT2D eigenvalue weighted by molar-refractivity contribution is -0.137. The molecule has 4 rings (SSSR count). The largest absolute Gasteiger partial charge is 0.423 e. The molecular weight excluding hydrogens is 413 g/mol. The fourth-order valence-corrected chi connectivity index (χ4v) is 3.63. The number of benzene rings is 2. The van der Waals surface area contributed by atoms with Crippen molar-refractivity contribution in [3.8, 4) is 0 Å². The minimum absolute atomic E-state index is 0.0340. The highest BCUT2D eigenvalue weighted by Gasteiger charge is 2.37. The molecule has 9 heteroatoms. The maximum Gasteiger partial charge on any atom is 0.416 e. The van der Waals surface area contributed by atoms with Crippen LogP contribution in [0.1, 0.15) is 17.5 Å². The summed E-state index contributed by atoms with van der Waals surface area (Å²) in [6.07, 6.45) is -4.65.